The molecule has 0 aromatic heterocycles. The van der Waals surface area contributed by atoms with E-state index in [1.54, 1.807) is 0 Å². The van der Waals surface area contributed by atoms with Crippen molar-refractivity contribution >= 4 is 0 Å². The van der Waals surface area contributed by atoms with Gasteiger partial charge in [0, 0.05) is 17.6 Å². The lowest BCUT2D eigenvalue weighted by Crippen LogP contribution is -2.30. The maximum Gasteiger partial charge on any atom is 0.130 e. The van der Waals surface area contributed by atoms with Gasteiger partial charge in [0.1, 0.15) is 11.6 Å². The fourth-order valence-electron chi connectivity index (χ4n) is 2.57. The van der Waals surface area contributed by atoms with E-state index in [1.807, 2.05) is 6.92 Å². The largest absolute Gasteiger partial charge is 0.308 e. The Labute approximate surface area is 121 Å². The van der Waals surface area contributed by atoms with Gasteiger partial charge >= 0.3 is 0 Å². The van der Waals surface area contributed by atoms with Gasteiger partial charge in [0.2, 0.25) is 0 Å². The Morgan fingerprint density at radius 1 is 1.00 bits per heavy atom. The summed E-state index contributed by atoms with van der Waals surface area (Å²) in [6.45, 7) is 6.10. The van der Waals surface area contributed by atoms with Gasteiger partial charge in [-0.25, -0.2) is 8.78 Å². The number of rotatable bonds is 9. The second kappa shape index (κ2) is 9.06. The highest BCUT2D eigenvalue weighted by molar-refractivity contribution is 5.22. The van der Waals surface area contributed by atoms with Gasteiger partial charge in [0.05, 0.1) is 0 Å². The van der Waals surface area contributed by atoms with Gasteiger partial charge in [0.25, 0.3) is 0 Å². The molecule has 0 aliphatic rings. The Bertz CT molecular complexity index is 372. The first-order valence-corrected chi connectivity index (χ1v) is 7.76. The number of unbranched alkanes of at least 4 members (excludes halogenated alkanes) is 4. The van der Waals surface area contributed by atoms with Crippen molar-refractivity contribution in [2.75, 3.05) is 0 Å². The molecule has 2 unspecified atom stereocenters. The predicted octanol–water partition coefficient (Wildman–Crippen LogP) is 5.36. The van der Waals surface area contributed by atoms with E-state index in [4.69, 9.17) is 0 Å². The van der Waals surface area contributed by atoms with Crippen LogP contribution in [0.4, 0.5) is 8.78 Å². The molecule has 0 saturated heterocycles. The van der Waals surface area contributed by atoms with E-state index in [2.05, 4.69) is 19.2 Å². The molecule has 2 atom stereocenters. The van der Waals surface area contributed by atoms with Gasteiger partial charge in [-0.2, -0.15) is 0 Å². The van der Waals surface area contributed by atoms with Gasteiger partial charge < -0.3 is 5.32 Å². The van der Waals surface area contributed by atoms with Gasteiger partial charge in [-0.15, -0.1) is 0 Å². The van der Waals surface area contributed by atoms with Crippen molar-refractivity contribution in [2.45, 2.75) is 71.4 Å². The highest BCUT2D eigenvalue weighted by atomic mass is 19.1. The monoisotopic (exact) mass is 283 g/mol. The van der Waals surface area contributed by atoms with E-state index < -0.39 is 11.6 Å². The number of hydrogen-bond donors (Lipinski definition) is 1. The Morgan fingerprint density at radius 2 is 1.60 bits per heavy atom. The fourth-order valence-corrected chi connectivity index (χ4v) is 2.57. The van der Waals surface area contributed by atoms with E-state index in [0.717, 1.165) is 6.42 Å². The number of hydrogen-bond acceptors (Lipinski definition) is 1. The molecule has 0 heterocycles. The quantitative estimate of drug-likeness (QED) is 0.601. The van der Waals surface area contributed by atoms with Crippen LogP contribution in [-0.2, 0) is 0 Å². The van der Waals surface area contributed by atoms with E-state index in [0.29, 0.717) is 0 Å². The first kappa shape index (κ1) is 17.1. The molecular formula is C17H27F2N. The van der Waals surface area contributed by atoms with Crippen molar-refractivity contribution in [3.8, 4) is 0 Å². The van der Waals surface area contributed by atoms with Crippen LogP contribution in [0.1, 0.15) is 70.9 Å². The molecule has 0 radical (unpaired) electrons. The molecule has 0 aliphatic carbocycles. The molecule has 0 spiro atoms. The zero-order chi connectivity index (χ0) is 15.0. The maximum absolute atomic E-state index is 13.7. The molecule has 20 heavy (non-hydrogen) atoms. The van der Waals surface area contributed by atoms with Gasteiger partial charge in [-0.05, 0) is 32.4 Å². The molecule has 0 saturated carbocycles. The van der Waals surface area contributed by atoms with Crippen LogP contribution in [0.2, 0.25) is 0 Å². The first-order chi connectivity index (χ1) is 9.56. The minimum atomic E-state index is -0.472. The Morgan fingerprint density at radius 3 is 2.20 bits per heavy atom. The van der Waals surface area contributed by atoms with Gasteiger partial charge in [0.15, 0.2) is 0 Å². The summed E-state index contributed by atoms with van der Waals surface area (Å²) >= 11 is 0. The highest BCUT2D eigenvalue weighted by Crippen LogP contribution is 2.21. The summed E-state index contributed by atoms with van der Waals surface area (Å²) in [5, 5.41) is 3.29. The van der Waals surface area contributed by atoms with Crippen molar-refractivity contribution in [1.82, 2.24) is 5.32 Å². The average Bonchev–Trinajstić information content (AvgIpc) is 2.38. The Hall–Kier alpha value is -0.960. The smallest absolute Gasteiger partial charge is 0.130 e. The van der Waals surface area contributed by atoms with Gasteiger partial charge in [-0.3, -0.25) is 0 Å². The van der Waals surface area contributed by atoms with Crippen LogP contribution in [0.3, 0.4) is 0 Å². The van der Waals surface area contributed by atoms with Crippen molar-refractivity contribution in [2.24, 2.45) is 0 Å². The van der Waals surface area contributed by atoms with Crippen LogP contribution in [0.25, 0.3) is 0 Å². The van der Waals surface area contributed by atoms with Crippen LogP contribution in [0.15, 0.2) is 18.2 Å². The molecule has 0 aliphatic heterocycles. The molecule has 0 bridgehead atoms. The molecule has 0 amide bonds. The summed E-state index contributed by atoms with van der Waals surface area (Å²) in [7, 11) is 0. The van der Waals surface area contributed by atoms with Crippen molar-refractivity contribution in [3.63, 3.8) is 0 Å². The average molecular weight is 283 g/mol. The minimum absolute atomic E-state index is 0.144. The third kappa shape index (κ3) is 5.58. The summed E-state index contributed by atoms with van der Waals surface area (Å²) in [5.74, 6) is -0.944. The summed E-state index contributed by atoms with van der Waals surface area (Å²) in [5.41, 5.74) is 0.144. The second-order valence-electron chi connectivity index (χ2n) is 5.63. The van der Waals surface area contributed by atoms with Crippen molar-refractivity contribution in [3.05, 3.63) is 35.4 Å². The Kier molecular flexibility index (Phi) is 7.75. The Balaban J connectivity index is 2.39. The highest BCUT2D eigenvalue weighted by Gasteiger charge is 2.17. The van der Waals surface area contributed by atoms with Crippen LogP contribution in [0, 0.1) is 11.6 Å². The zero-order valence-corrected chi connectivity index (χ0v) is 12.9. The molecule has 3 heteroatoms. The maximum atomic E-state index is 13.7. The first-order valence-electron chi connectivity index (χ1n) is 7.76. The lowest BCUT2D eigenvalue weighted by Gasteiger charge is -2.21. The topological polar surface area (TPSA) is 12.0 Å². The summed E-state index contributed by atoms with van der Waals surface area (Å²) < 4.78 is 27.3. The second-order valence-corrected chi connectivity index (χ2v) is 5.63. The SMILES string of the molecule is CCCCCCCC(C)NC(C)c1c(F)cccc1F. The molecule has 1 N–H and O–H groups in total. The van der Waals surface area contributed by atoms with E-state index in [9.17, 15) is 8.78 Å². The van der Waals surface area contributed by atoms with Crippen LogP contribution in [0.5, 0.6) is 0 Å². The summed E-state index contributed by atoms with van der Waals surface area (Å²) in [4.78, 5) is 0. The van der Waals surface area contributed by atoms with E-state index >= 15 is 0 Å². The summed E-state index contributed by atoms with van der Waals surface area (Å²) in [6.07, 6.45) is 7.27. The molecule has 114 valence electrons. The van der Waals surface area contributed by atoms with Crippen LogP contribution in [-0.4, -0.2) is 6.04 Å². The van der Waals surface area contributed by atoms with Crippen LogP contribution >= 0.6 is 0 Å². The predicted molar refractivity (Wildman–Crippen MR) is 80.7 cm³/mol. The third-order valence-corrected chi connectivity index (χ3v) is 3.71. The van der Waals surface area contributed by atoms with E-state index in [-0.39, 0.29) is 17.6 Å². The van der Waals surface area contributed by atoms with Crippen molar-refractivity contribution < 1.29 is 8.78 Å². The molecular weight excluding hydrogens is 256 g/mol. The number of halogens is 2. The minimum Gasteiger partial charge on any atom is -0.308 e. The lowest BCUT2D eigenvalue weighted by molar-refractivity contribution is 0.414. The summed E-state index contributed by atoms with van der Waals surface area (Å²) in [6, 6.07) is 3.99. The molecule has 0 fully saturated rings. The van der Waals surface area contributed by atoms with Crippen molar-refractivity contribution in [1.29, 1.82) is 0 Å². The van der Waals surface area contributed by atoms with E-state index in [1.165, 1.54) is 50.3 Å². The fraction of sp³-hybridized carbons (Fsp3) is 0.647. The standard InChI is InChI=1S/C17H27F2N/c1-4-5-6-7-8-10-13(2)20-14(3)17-15(18)11-9-12-16(17)19/h9,11-14,20H,4-8,10H2,1-3H3. The molecule has 1 aromatic carbocycles. The molecule has 1 nitrogen and oxygen atoms in total. The zero-order valence-electron chi connectivity index (χ0n) is 12.9. The number of benzene rings is 1. The third-order valence-electron chi connectivity index (χ3n) is 3.71. The molecule has 1 rings (SSSR count). The normalized spacial score (nSPS) is 14.2. The van der Waals surface area contributed by atoms with Gasteiger partial charge in [-0.1, -0.05) is 45.1 Å². The lowest BCUT2D eigenvalue weighted by atomic mass is 10.0. The van der Waals surface area contributed by atoms with Crippen LogP contribution < -0.4 is 5.32 Å². The molecule has 1 aromatic rings. The number of nitrogens with one attached hydrogen (secondary N) is 1.